The lowest BCUT2D eigenvalue weighted by Gasteiger charge is -2.54. The summed E-state index contributed by atoms with van der Waals surface area (Å²) in [5, 5.41) is 0. The Morgan fingerprint density at radius 1 is 1.14 bits per heavy atom. The van der Waals surface area contributed by atoms with Crippen molar-refractivity contribution in [3.05, 3.63) is 24.3 Å². The second-order valence-corrected chi connectivity index (χ2v) is 6.91. The van der Waals surface area contributed by atoms with E-state index in [4.69, 9.17) is 5.73 Å². The van der Waals surface area contributed by atoms with Crippen molar-refractivity contribution in [3.63, 3.8) is 0 Å². The second kappa shape index (κ2) is 4.89. The average molecular weight is 286 g/mol. The molecule has 3 heterocycles. The Morgan fingerprint density at radius 3 is 2.76 bits per heavy atom. The highest BCUT2D eigenvalue weighted by Crippen LogP contribution is 2.45. The van der Waals surface area contributed by atoms with E-state index in [1.165, 1.54) is 43.9 Å². The van der Waals surface area contributed by atoms with E-state index in [2.05, 4.69) is 46.0 Å². The molecule has 2 saturated heterocycles. The number of fused-ring (bicyclic) bond motifs is 3. The summed E-state index contributed by atoms with van der Waals surface area (Å²) in [6.07, 6.45) is 2.53. The van der Waals surface area contributed by atoms with Crippen LogP contribution in [0.25, 0.3) is 0 Å². The molecule has 0 radical (unpaired) electrons. The number of likely N-dealkylation sites (N-methyl/N-ethyl adjacent to an activating group) is 1. The Hall–Kier alpha value is -1.26. The first-order valence-corrected chi connectivity index (χ1v) is 8.25. The smallest absolute Gasteiger partial charge is 0.0609 e. The minimum absolute atomic E-state index is 0.171. The van der Waals surface area contributed by atoms with Crippen molar-refractivity contribution in [1.29, 1.82) is 0 Å². The Morgan fingerprint density at radius 2 is 1.95 bits per heavy atom. The highest BCUT2D eigenvalue weighted by molar-refractivity contribution is 5.74. The Balaban J connectivity index is 1.76. The minimum atomic E-state index is 0.171. The third-order valence-corrected chi connectivity index (χ3v) is 6.03. The van der Waals surface area contributed by atoms with Crippen LogP contribution < -0.4 is 15.5 Å². The summed E-state index contributed by atoms with van der Waals surface area (Å²) in [4.78, 5) is 7.65. The lowest BCUT2D eigenvalue weighted by atomic mass is 9.76. The normalized spacial score (nSPS) is 35.0. The summed E-state index contributed by atoms with van der Waals surface area (Å²) in [5.41, 5.74) is 9.29. The van der Waals surface area contributed by atoms with Gasteiger partial charge in [0.25, 0.3) is 0 Å². The molecule has 3 aliphatic rings. The molecular weight excluding hydrogens is 260 g/mol. The van der Waals surface area contributed by atoms with Gasteiger partial charge >= 0.3 is 0 Å². The molecule has 4 nitrogen and oxygen atoms in total. The SMILES string of the molecule is CN1CCN(C2(CN)CCN3CCC2C3)c2ccccc21. The molecule has 2 bridgehead atoms. The fourth-order valence-electron chi connectivity index (χ4n) is 4.73. The van der Waals surface area contributed by atoms with Gasteiger partial charge in [-0.1, -0.05) is 12.1 Å². The van der Waals surface area contributed by atoms with Crippen molar-refractivity contribution < 1.29 is 0 Å². The lowest BCUT2D eigenvalue weighted by Crippen LogP contribution is -2.64. The molecule has 1 aromatic carbocycles. The van der Waals surface area contributed by atoms with E-state index in [1.807, 2.05) is 0 Å². The monoisotopic (exact) mass is 286 g/mol. The predicted molar refractivity (Wildman–Crippen MR) is 88.0 cm³/mol. The molecule has 21 heavy (non-hydrogen) atoms. The van der Waals surface area contributed by atoms with E-state index in [1.54, 1.807) is 0 Å². The Labute approximate surface area is 127 Å². The van der Waals surface area contributed by atoms with E-state index >= 15 is 0 Å². The number of nitrogens with zero attached hydrogens (tertiary/aromatic N) is 3. The predicted octanol–water partition coefficient (Wildman–Crippen LogP) is 1.37. The molecule has 2 N–H and O–H groups in total. The highest BCUT2D eigenvalue weighted by Gasteiger charge is 2.50. The summed E-state index contributed by atoms with van der Waals surface area (Å²) >= 11 is 0. The van der Waals surface area contributed by atoms with Crippen molar-refractivity contribution in [3.8, 4) is 0 Å². The van der Waals surface area contributed by atoms with Crippen molar-refractivity contribution in [2.75, 3.05) is 56.1 Å². The molecule has 0 spiro atoms. The molecule has 4 rings (SSSR count). The van der Waals surface area contributed by atoms with Gasteiger partial charge in [-0.2, -0.15) is 0 Å². The Kier molecular flexibility index (Phi) is 3.12. The van der Waals surface area contributed by atoms with Crippen molar-refractivity contribution >= 4 is 11.4 Å². The van der Waals surface area contributed by atoms with Gasteiger partial charge in [-0.25, -0.2) is 0 Å². The summed E-state index contributed by atoms with van der Waals surface area (Å²) in [7, 11) is 2.20. The average Bonchev–Trinajstić information content (AvgIpc) is 2.93. The number of hydrogen-bond donors (Lipinski definition) is 1. The van der Waals surface area contributed by atoms with E-state index in [-0.39, 0.29) is 5.54 Å². The van der Waals surface area contributed by atoms with Gasteiger partial charge in [-0.05, 0) is 37.4 Å². The van der Waals surface area contributed by atoms with Crippen LogP contribution in [0.3, 0.4) is 0 Å². The molecule has 114 valence electrons. The largest absolute Gasteiger partial charge is 0.371 e. The summed E-state index contributed by atoms with van der Waals surface area (Å²) in [5.74, 6) is 0.729. The number of para-hydroxylation sites is 2. The molecular formula is C17H26N4. The molecule has 0 saturated carbocycles. The van der Waals surface area contributed by atoms with Crippen LogP contribution in [0.1, 0.15) is 12.8 Å². The van der Waals surface area contributed by atoms with Gasteiger partial charge in [-0.3, -0.25) is 0 Å². The van der Waals surface area contributed by atoms with Gasteiger partial charge in [0.1, 0.15) is 0 Å². The summed E-state index contributed by atoms with van der Waals surface area (Å²) in [6, 6.07) is 8.84. The fraction of sp³-hybridized carbons (Fsp3) is 0.647. The topological polar surface area (TPSA) is 35.7 Å². The van der Waals surface area contributed by atoms with Gasteiger partial charge in [0, 0.05) is 39.8 Å². The third-order valence-electron chi connectivity index (χ3n) is 6.03. The van der Waals surface area contributed by atoms with Gasteiger partial charge in [0.05, 0.1) is 16.9 Å². The maximum absolute atomic E-state index is 6.37. The van der Waals surface area contributed by atoms with Gasteiger partial charge in [0.15, 0.2) is 0 Å². The quantitative estimate of drug-likeness (QED) is 0.891. The molecule has 4 heteroatoms. The van der Waals surface area contributed by atoms with E-state index in [0.29, 0.717) is 0 Å². The van der Waals surface area contributed by atoms with Crippen molar-refractivity contribution in [2.24, 2.45) is 11.7 Å². The number of piperidine rings is 1. The zero-order valence-corrected chi connectivity index (χ0v) is 13.0. The van der Waals surface area contributed by atoms with Crippen LogP contribution in [-0.2, 0) is 0 Å². The zero-order valence-electron chi connectivity index (χ0n) is 13.0. The molecule has 3 unspecified atom stereocenters. The first-order chi connectivity index (χ1) is 10.2. The van der Waals surface area contributed by atoms with Crippen molar-refractivity contribution in [1.82, 2.24) is 4.90 Å². The van der Waals surface area contributed by atoms with Crippen LogP contribution in [0.5, 0.6) is 0 Å². The van der Waals surface area contributed by atoms with E-state index in [9.17, 15) is 0 Å². The molecule has 3 atom stereocenters. The summed E-state index contributed by atoms with van der Waals surface area (Å²) < 4.78 is 0. The molecule has 0 aliphatic carbocycles. The first-order valence-electron chi connectivity index (χ1n) is 8.25. The van der Waals surface area contributed by atoms with Crippen LogP contribution in [0, 0.1) is 5.92 Å². The number of rotatable bonds is 2. The van der Waals surface area contributed by atoms with E-state index < -0.39 is 0 Å². The fourth-order valence-corrected chi connectivity index (χ4v) is 4.73. The zero-order chi connectivity index (χ0) is 14.4. The van der Waals surface area contributed by atoms with Crippen molar-refractivity contribution in [2.45, 2.75) is 18.4 Å². The number of hydrogen-bond acceptors (Lipinski definition) is 4. The maximum Gasteiger partial charge on any atom is 0.0609 e. The lowest BCUT2D eigenvalue weighted by molar-refractivity contribution is 0.163. The summed E-state index contributed by atoms with van der Waals surface area (Å²) in [6.45, 7) is 6.69. The maximum atomic E-state index is 6.37. The highest BCUT2D eigenvalue weighted by atomic mass is 15.3. The molecule has 0 amide bonds. The van der Waals surface area contributed by atoms with Crippen LogP contribution in [0.4, 0.5) is 11.4 Å². The van der Waals surface area contributed by atoms with Crippen LogP contribution in [-0.4, -0.2) is 56.8 Å². The first kappa shape index (κ1) is 13.4. The molecule has 3 aliphatic heterocycles. The van der Waals surface area contributed by atoms with Crippen LogP contribution in [0.2, 0.25) is 0 Å². The minimum Gasteiger partial charge on any atom is -0.371 e. The van der Waals surface area contributed by atoms with Crippen LogP contribution in [0.15, 0.2) is 24.3 Å². The standard InChI is InChI=1S/C17H26N4/c1-19-10-11-21(16-5-3-2-4-15(16)19)17(13-18)7-9-20-8-6-14(17)12-20/h2-5,14H,6-13,18H2,1H3. The second-order valence-electron chi connectivity index (χ2n) is 6.91. The molecule has 2 fully saturated rings. The van der Waals surface area contributed by atoms with Gasteiger partial charge in [0.2, 0.25) is 0 Å². The number of benzene rings is 1. The molecule has 1 aromatic rings. The van der Waals surface area contributed by atoms with Gasteiger partial charge in [-0.15, -0.1) is 0 Å². The van der Waals surface area contributed by atoms with Crippen LogP contribution >= 0.6 is 0 Å². The number of nitrogens with two attached hydrogens (primary N) is 1. The van der Waals surface area contributed by atoms with Gasteiger partial charge < -0.3 is 20.4 Å². The number of anilines is 2. The third kappa shape index (κ3) is 1.89. The van der Waals surface area contributed by atoms with E-state index in [0.717, 1.165) is 25.6 Å². The molecule has 0 aromatic heterocycles. The Bertz CT molecular complexity index is 531.